The Hall–Kier alpha value is -3.29. The van der Waals surface area contributed by atoms with E-state index in [0.29, 0.717) is 0 Å². The number of aryl methyl sites for hydroxylation is 2. The molecule has 0 N–H and O–H groups in total. The van der Waals surface area contributed by atoms with Crippen LogP contribution in [0.15, 0.2) is 114 Å². The van der Waals surface area contributed by atoms with E-state index in [4.69, 9.17) is 0 Å². The lowest BCUT2D eigenvalue weighted by atomic mass is 9.89. The molecule has 6 rings (SSSR count). The van der Waals surface area contributed by atoms with Crippen molar-refractivity contribution in [2.24, 2.45) is 0 Å². The maximum Gasteiger partial charge on any atom is 0.00752 e. The van der Waals surface area contributed by atoms with Crippen molar-refractivity contribution in [1.29, 1.82) is 0 Å². The van der Waals surface area contributed by atoms with Crippen molar-refractivity contribution in [2.45, 2.75) is 36.5 Å². The molecule has 35 heavy (non-hydrogen) atoms. The van der Waals surface area contributed by atoms with Crippen LogP contribution in [0.1, 0.15) is 35.4 Å². The van der Waals surface area contributed by atoms with E-state index in [0.717, 1.165) is 18.8 Å². The Kier molecular flexibility index (Phi) is 6.19. The van der Waals surface area contributed by atoms with Gasteiger partial charge in [0.15, 0.2) is 0 Å². The summed E-state index contributed by atoms with van der Waals surface area (Å²) in [6.45, 7) is 0. The minimum absolute atomic E-state index is 0.799. The van der Waals surface area contributed by atoms with Gasteiger partial charge >= 0.3 is 0 Å². The van der Waals surface area contributed by atoms with Crippen LogP contribution in [0.2, 0.25) is 0 Å². The maximum atomic E-state index is 2.45. The molecule has 0 unspecified atom stereocenters. The zero-order valence-corrected chi connectivity index (χ0v) is 21.0. The first-order valence-corrected chi connectivity index (χ1v) is 13.9. The van der Waals surface area contributed by atoms with Crippen LogP contribution in [0.25, 0.3) is 33.0 Å². The van der Waals surface area contributed by atoms with Gasteiger partial charge in [0.25, 0.3) is 0 Å². The summed E-state index contributed by atoms with van der Waals surface area (Å²) in [5.41, 5.74) is 9.63. The minimum Gasteiger partial charge on any atom is -0.130 e. The fourth-order valence-corrected chi connectivity index (χ4v) is 5.70. The third kappa shape index (κ3) is 4.79. The highest BCUT2D eigenvalue weighted by atomic mass is 32.2. The molecule has 0 nitrogen and oxygen atoms in total. The van der Waals surface area contributed by atoms with E-state index in [9.17, 15) is 0 Å². The summed E-state index contributed by atoms with van der Waals surface area (Å²) >= 11 is 1.80. The third-order valence-corrected chi connectivity index (χ3v) is 7.95. The second kappa shape index (κ2) is 9.76. The number of thioether (sulfide) groups is 1. The fraction of sp³-hybridized carbons (Fsp3) is 0.176. The summed E-state index contributed by atoms with van der Waals surface area (Å²) in [5, 5.41) is 2.71. The van der Waals surface area contributed by atoms with Crippen LogP contribution in [-0.2, 0) is 12.8 Å². The molecular formula is C34H30S. The van der Waals surface area contributed by atoms with E-state index in [2.05, 4.69) is 115 Å². The zero-order valence-electron chi connectivity index (χ0n) is 20.2. The first kappa shape index (κ1) is 22.2. The van der Waals surface area contributed by atoms with Gasteiger partial charge in [-0.2, -0.15) is 0 Å². The third-order valence-electron chi connectivity index (χ3n) is 7.23. The second-order valence-corrected chi connectivity index (χ2v) is 10.5. The number of hydrogen-bond acceptors (Lipinski definition) is 1. The summed E-state index contributed by atoms with van der Waals surface area (Å²) in [7, 11) is 0. The molecule has 0 bridgehead atoms. The first-order valence-electron chi connectivity index (χ1n) is 12.6. The van der Waals surface area contributed by atoms with E-state index in [1.807, 2.05) is 0 Å². The van der Waals surface area contributed by atoms with Crippen LogP contribution in [0.4, 0.5) is 0 Å². The Bertz CT molecular complexity index is 1480. The van der Waals surface area contributed by atoms with E-state index in [1.54, 1.807) is 11.8 Å². The summed E-state index contributed by atoms with van der Waals surface area (Å²) in [6, 6.07) is 40.6. The number of rotatable bonds is 7. The van der Waals surface area contributed by atoms with E-state index < -0.39 is 0 Å². The van der Waals surface area contributed by atoms with E-state index >= 15 is 0 Å². The zero-order chi connectivity index (χ0) is 23.6. The first-order chi connectivity index (χ1) is 17.3. The van der Waals surface area contributed by atoms with Gasteiger partial charge in [-0.3, -0.25) is 0 Å². The monoisotopic (exact) mass is 470 g/mol. The summed E-state index contributed by atoms with van der Waals surface area (Å²) < 4.78 is 0. The lowest BCUT2D eigenvalue weighted by molar-refractivity contribution is 0.961. The molecule has 0 heterocycles. The Balaban J connectivity index is 1.46. The molecule has 0 amide bonds. The van der Waals surface area contributed by atoms with Gasteiger partial charge in [0.05, 0.1) is 0 Å². The van der Waals surface area contributed by atoms with Crippen LogP contribution in [0.5, 0.6) is 0 Å². The second-order valence-electron chi connectivity index (χ2n) is 9.66. The van der Waals surface area contributed by atoms with Crippen LogP contribution < -0.4 is 0 Å². The maximum absolute atomic E-state index is 2.45. The highest BCUT2D eigenvalue weighted by molar-refractivity contribution is 7.98. The Morgan fingerprint density at radius 3 is 2.29 bits per heavy atom. The molecule has 0 saturated heterocycles. The molecule has 0 radical (unpaired) electrons. The summed E-state index contributed by atoms with van der Waals surface area (Å²) in [4.78, 5) is 1.30. The van der Waals surface area contributed by atoms with Gasteiger partial charge in [0.2, 0.25) is 0 Å². The Morgan fingerprint density at radius 1 is 0.657 bits per heavy atom. The quantitative estimate of drug-likeness (QED) is 0.213. The lowest BCUT2D eigenvalue weighted by Gasteiger charge is -2.16. The minimum atomic E-state index is 0.799. The van der Waals surface area contributed by atoms with Crippen molar-refractivity contribution in [2.75, 3.05) is 6.26 Å². The molecule has 0 atom stereocenters. The van der Waals surface area contributed by atoms with Crippen LogP contribution in [-0.4, -0.2) is 6.26 Å². The van der Waals surface area contributed by atoms with Gasteiger partial charge in [-0.1, -0.05) is 91.0 Å². The molecule has 172 valence electrons. The van der Waals surface area contributed by atoms with E-state index in [-0.39, 0.29) is 0 Å². The van der Waals surface area contributed by atoms with Crippen LogP contribution in [0, 0.1) is 0 Å². The van der Waals surface area contributed by atoms with Crippen molar-refractivity contribution in [3.8, 4) is 22.3 Å². The van der Waals surface area contributed by atoms with Gasteiger partial charge in [-0.05, 0) is 106 Å². The fourth-order valence-electron chi connectivity index (χ4n) is 5.24. The number of fused-ring (bicyclic) bond motifs is 1. The lowest BCUT2D eigenvalue weighted by Crippen LogP contribution is -1.96. The van der Waals surface area contributed by atoms with Crippen molar-refractivity contribution in [3.63, 3.8) is 0 Å². The molecule has 5 aromatic carbocycles. The SMILES string of the molecule is CSc1cccc(-c2cc(CCc3cccc(C4CC4)c3)c3c(-c4ccccc4)cccc3c2)c1. The largest absolute Gasteiger partial charge is 0.130 e. The van der Waals surface area contributed by atoms with E-state index in [1.165, 1.54) is 67.5 Å². The van der Waals surface area contributed by atoms with Gasteiger partial charge < -0.3 is 0 Å². The van der Waals surface area contributed by atoms with Gasteiger partial charge in [0.1, 0.15) is 0 Å². The molecule has 1 heteroatoms. The normalized spacial score (nSPS) is 13.3. The average molecular weight is 471 g/mol. The van der Waals surface area contributed by atoms with Crippen molar-refractivity contribution < 1.29 is 0 Å². The van der Waals surface area contributed by atoms with Crippen LogP contribution in [0.3, 0.4) is 0 Å². The Labute approximate surface area is 213 Å². The number of hydrogen-bond donors (Lipinski definition) is 0. The summed E-state index contributed by atoms with van der Waals surface area (Å²) in [6.07, 6.45) is 6.95. The smallest absolute Gasteiger partial charge is 0.00752 e. The molecular weight excluding hydrogens is 440 g/mol. The van der Waals surface area contributed by atoms with Gasteiger partial charge in [-0.25, -0.2) is 0 Å². The summed E-state index contributed by atoms with van der Waals surface area (Å²) in [5.74, 6) is 0.799. The predicted octanol–water partition coefficient (Wildman–Crippen LogP) is 9.56. The van der Waals surface area contributed by atoms with Crippen molar-refractivity contribution in [3.05, 3.63) is 126 Å². The molecule has 1 aliphatic rings. The molecule has 1 saturated carbocycles. The predicted molar refractivity (Wildman–Crippen MR) is 152 cm³/mol. The highest BCUT2D eigenvalue weighted by Gasteiger charge is 2.23. The standard InChI is InChI=1S/C34H30S/c1-35-32-14-6-12-28(23-32)31-21-29-13-7-15-33(26-9-3-2-4-10-26)34(29)30(22-31)17-16-24-8-5-11-27(20-24)25-18-19-25/h2-15,20-23,25H,16-19H2,1H3. The molecule has 1 aliphatic carbocycles. The van der Waals surface area contributed by atoms with Gasteiger partial charge in [0, 0.05) is 4.90 Å². The van der Waals surface area contributed by atoms with Crippen molar-refractivity contribution >= 4 is 22.5 Å². The molecule has 5 aromatic rings. The highest BCUT2D eigenvalue weighted by Crippen LogP contribution is 2.40. The topological polar surface area (TPSA) is 0 Å². The molecule has 0 spiro atoms. The van der Waals surface area contributed by atoms with Gasteiger partial charge in [-0.15, -0.1) is 11.8 Å². The molecule has 0 aliphatic heterocycles. The molecule has 1 fully saturated rings. The molecule has 0 aromatic heterocycles. The average Bonchev–Trinajstić information content (AvgIpc) is 3.78. The Morgan fingerprint density at radius 2 is 1.46 bits per heavy atom. The van der Waals surface area contributed by atoms with Crippen LogP contribution >= 0.6 is 11.8 Å². The number of benzene rings is 5. The van der Waals surface area contributed by atoms with Crippen molar-refractivity contribution in [1.82, 2.24) is 0 Å².